The Balaban J connectivity index is 2.74. The second kappa shape index (κ2) is 3.51. The molecular weight excluding hydrogens is 198 g/mol. The lowest BCUT2D eigenvalue weighted by Gasteiger charge is -1.93. The van der Waals surface area contributed by atoms with Crippen molar-refractivity contribution in [1.29, 1.82) is 0 Å². The SMILES string of the molecule is Cc1c(CCN)sc2nc[nH]c(=O)c12. The van der Waals surface area contributed by atoms with Crippen molar-refractivity contribution >= 4 is 21.6 Å². The summed E-state index contributed by atoms with van der Waals surface area (Å²) < 4.78 is 0. The summed E-state index contributed by atoms with van der Waals surface area (Å²) in [7, 11) is 0. The third kappa shape index (κ3) is 1.34. The summed E-state index contributed by atoms with van der Waals surface area (Å²) in [6, 6.07) is 0. The monoisotopic (exact) mass is 209 g/mol. The van der Waals surface area contributed by atoms with Gasteiger partial charge < -0.3 is 10.7 Å². The Morgan fingerprint density at radius 3 is 3.07 bits per heavy atom. The quantitative estimate of drug-likeness (QED) is 0.768. The first-order chi connectivity index (χ1) is 6.74. The average Bonchev–Trinajstić information content (AvgIpc) is 2.46. The van der Waals surface area contributed by atoms with E-state index >= 15 is 0 Å². The number of rotatable bonds is 2. The lowest BCUT2D eigenvalue weighted by molar-refractivity contribution is 0.981. The Kier molecular flexibility index (Phi) is 2.35. The normalized spacial score (nSPS) is 11.0. The third-order valence-corrected chi connectivity index (χ3v) is 3.46. The number of nitrogens with two attached hydrogens (primary N) is 1. The molecule has 0 aliphatic heterocycles. The van der Waals surface area contributed by atoms with Crippen molar-refractivity contribution in [3.63, 3.8) is 0 Å². The first-order valence-corrected chi connectivity index (χ1v) is 5.21. The molecule has 0 amide bonds. The van der Waals surface area contributed by atoms with Crippen molar-refractivity contribution < 1.29 is 0 Å². The fourth-order valence-corrected chi connectivity index (χ4v) is 2.66. The fourth-order valence-electron chi connectivity index (χ4n) is 1.49. The van der Waals surface area contributed by atoms with Crippen molar-refractivity contribution in [1.82, 2.24) is 9.97 Å². The van der Waals surface area contributed by atoms with Crippen molar-refractivity contribution in [3.05, 3.63) is 27.1 Å². The Morgan fingerprint density at radius 1 is 1.64 bits per heavy atom. The van der Waals surface area contributed by atoms with Gasteiger partial charge in [0.05, 0.1) is 11.7 Å². The highest BCUT2D eigenvalue weighted by molar-refractivity contribution is 7.18. The van der Waals surface area contributed by atoms with Crippen LogP contribution < -0.4 is 11.3 Å². The van der Waals surface area contributed by atoms with Gasteiger partial charge in [-0.25, -0.2) is 4.98 Å². The van der Waals surface area contributed by atoms with Crippen LogP contribution in [0.1, 0.15) is 10.4 Å². The molecule has 0 saturated heterocycles. The van der Waals surface area contributed by atoms with Gasteiger partial charge in [0.2, 0.25) is 0 Å². The molecule has 0 atom stereocenters. The molecule has 0 fully saturated rings. The summed E-state index contributed by atoms with van der Waals surface area (Å²) in [5.41, 5.74) is 6.45. The maximum atomic E-state index is 11.5. The van der Waals surface area contributed by atoms with Gasteiger partial charge in [-0.1, -0.05) is 0 Å². The number of fused-ring (bicyclic) bond motifs is 1. The van der Waals surface area contributed by atoms with E-state index in [9.17, 15) is 4.79 Å². The highest BCUT2D eigenvalue weighted by atomic mass is 32.1. The summed E-state index contributed by atoms with van der Waals surface area (Å²) in [5, 5.41) is 0.709. The number of nitrogens with zero attached hydrogens (tertiary/aromatic N) is 1. The lowest BCUT2D eigenvalue weighted by atomic mass is 10.2. The summed E-state index contributed by atoms with van der Waals surface area (Å²) >= 11 is 1.55. The smallest absolute Gasteiger partial charge is 0.259 e. The van der Waals surface area contributed by atoms with Crippen LogP contribution >= 0.6 is 11.3 Å². The molecule has 0 aliphatic carbocycles. The van der Waals surface area contributed by atoms with Gasteiger partial charge in [0, 0.05) is 4.88 Å². The fraction of sp³-hybridized carbons (Fsp3) is 0.333. The predicted molar refractivity (Wildman–Crippen MR) is 57.7 cm³/mol. The molecular formula is C9H11N3OS. The number of aromatic nitrogens is 2. The second-order valence-electron chi connectivity index (χ2n) is 3.10. The van der Waals surface area contributed by atoms with Crippen LogP contribution in [0.25, 0.3) is 10.2 Å². The molecule has 0 unspecified atom stereocenters. The van der Waals surface area contributed by atoms with Crippen LogP contribution in [0.4, 0.5) is 0 Å². The van der Waals surface area contributed by atoms with E-state index in [0.717, 1.165) is 21.7 Å². The zero-order valence-electron chi connectivity index (χ0n) is 7.83. The molecule has 0 aliphatic rings. The van der Waals surface area contributed by atoms with Crippen LogP contribution in [0.5, 0.6) is 0 Å². The molecule has 2 aromatic heterocycles. The van der Waals surface area contributed by atoms with Gasteiger partial charge in [-0.3, -0.25) is 4.79 Å². The average molecular weight is 209 g/mol. The standard InChI is InChI=1S/C9H11N3OS/c1-5-6(2-3-10)14-9-7(5)8(13)11-4-12-9/h4H,2-3,10H2,1H3,(H,11,12,13). The van der Waals surface area contributed by atoms with E-state index in [1.165, 1.54) is 6.33 Å². The van der Waals surface area contributed by atoms with Crippen LogP contribution in [0, 0.1) is 6.92 Å². The molecule has 3 N–H and O–H groups in total. The van der Waals surface area contributed by atoms with Crippen molar-refractivity contribution in [3.8, 4) is 0 Å². The van der Waals surface area contributed by atoms with Crippen molar-refractivity contribution in [2.24, 2.45) is 5.73 Å². The van der Waals surface area contributed by atoms with Crippen LogP contribution in [0.15, 0.2) is 11.1 Å². The molecule has 2 heterocycles. The zero-order valence-corrected chi connectivity index (χ0v) is 8.65. The highest BCUT2D eigenvalue weighted by Gasteiger charge is 2.10. The van der Waals surface area contributed by atoms with E-state index in [4.69, 9.17) is 5.73 Å². The minimum atomic E-state index is -0.0629. The number of hydrogen-bond acceptors (Lipinski definition) is 4. The van der Waals surface area contributed by atoms with E-state index in [1.807, 2.05) is 6.92 Å². The molecule has 2 aromatic rings. The van der Waals surface area contributed by atoms with Gasteiger partial charge in [-0.05, 0) is 25.5 Å². The minimum Gasteiger partial charge on any atom is -0.330 e. The molecule has 2 rings (SSSR count). The minimum absolute atomic E-state index is 0.0629. The van der Waals surface area contributed by atoms with Gasteiger partial charge >= 0.3 is 0 Å². The Bertz CT molecular complexity index is 514. The van der Waals surface area contributed by atoms with Crippen LogP contribution in [-0.4, -0.2) is 16.5 Å². The second-order valence-corrected chi connectivity index (χ2v) is 4.18. The predicted octanol–water partition coefficient (Wildman–Crippen LogP) is 0.794. The molecule has 0 radical (unpaired) electrons. The molecule has 74 valence electrons. The number of nitrogens with one attached hydrogen (secondary N) is 1. The largest absolute Gasteiger partial charge is 0.330 e. The van der Waals surface area contributed by atoms with Gasteiger partial charge in [0.1, 0.15) is 4.83 Å². The topological polar surface area (TPSA) is 71.8 Å². The summed E-state index contributed by atoms with van der Waals surface area (Å²) in [4.78, 5) is 20.2. The third-order valence-electron chi connectivity index (χ3n) is 2.20. The van der Waals surface area contributed by atoms with E-state index in [0.29, 0.717) is 11.9 Å². The number of H-pyrrole nitrogens is 1. The first kappa shape index (κ1) is 9.36. The Labute approximate surface area is 84.8 Å². The van der Waals surface area contributed by atoms with Crippen LogP contribution in [0.2, 0.25) is 0 Å². The number of hydrogen-bond donors (Lipinski definition) is 2. The van der Waals surface area contributed by atoms with Crippen LogP contribution in [0.3, 0.4) is 0 Å². The summed E-state index contributed by atoms with van der Waals surface area (Å²) in [6.45, 7) is 2.55. The highest BCUT2D eigenvalue weighted by Crippen LogP contribution is 2.26. The number of aryl methyl sites for hydroxylation is 1. The first-order valence-electron chi connectivity index (χ1n) is 4.39. The van der Waals surface area contributed by atoms with Crippen molar-refractivity contribution in [2.45, 2.75) is 13.3 Å². The Morgan fingerprint density at radius 2 is 2.43 bits per heavy atom. The number of thiophene rings is 1. The van der Waals surface area contributed by atoms with Crippen LogP contribution in [-0.2, 0) is 6.42 Å². The van der Waals surface area contributed by atoms with Gasteiger partial charge in [0.15, 0.2) is 0 Å². The summed E-state index contributed by atoms with van der Waals surface area (Å²) in [5.74, 6) is 0. The molecule has 0 aromatic carbocycles. The molecule has 0 bridgehead atoms. The van der Waals surface area contributed by atoms with Crippen molar-refractivity contribution in [2.75, 3.05) is 6.54 Å². The van der Waals surface area contributed by atoms with Gasteiger partial charge in [0.25, 0.3) is 5.56 Å². The molecule has 0 saturated carbocycles. The lowest BCUT2D eigenvalue weighted by Crippen LogP contribution is -2.06. The number of aromatic amines is 1. The zero-order chi connectivity index (χ0) is 10.1. The van der Waals surface area contributed by atoms with E-state index < -0.39 is 0 Å². The van der Waals surface area contributed by atoms with Gasteiger partial charge in [-0.15, -0.1) is 11.3 Å². The van der Waals surface area contributed by atoms with Gasteiger partial charge in [-0.2, -0.15) is 0 Å². The maximum absolute atomic E-state index is 11.5. The molecule has 5 heteroatoms. The molecule has 14 heavy (non-hydrogen) atoms. The van der Waals surface area contributed by atoms with E-state index in [2.05, 4.69) is 9.97 Å². The van der Waals surface area contributed by atoms with E-state index in [-0.39, 0.29) is 5.56 Å². The molecule has 4 nitrogen and oxygen atoms in total. The maximum Gasteiger partial charge on any atom is 0.259 e. The summed E-state index contributed by atoms with van der Waals surface area (Å²) in [6.07, 6.45) is 2.25. The van der Waals surface area contributed by atoms with E-state index in [1.54, 1.807) is 11.3 Å². The Hall–Kier alpha value is -1.20. The molecule has 0 spiro atoms.